The van der Waals surface area contributed by atoms with E-state index in [1.165, 1.54) is 11.3 Å². The third-order valence-corrected chi connectivity index (χ3v) is 4.86. The van der Waals surface area contributed by atoms with Crippen molar-refractivity contribution in [2.24, 2.45) is 0 Å². The Morgan fingerprint density at radius 3 is 2.65 bits per heavy atom. The molecule has 0 aliphatic heterocycles. The maximum absolute atomic E-state index is 12.1. The van der Waals surface area contributed by atoms with Crippen LogP contribution in [0.5, 0.6) is 11.5 Å². The molecule has 0 aliphatic carbocycles. The number of methoxy groups -OCH3 is 1. The van der Waals surface area contributed by atoms with E-state index in [1.807, 2.05) is 73.0 Å². The molecule has 0 fully saturated rings. The molecule has 2 aromatic carbocycles. The zero-order chi connectivity index (χ0) is 18.4. The molecule has 1 heterocycles. The van der Waals surface area contributed by atoms with E-state index in [0.717, 1.165) is 33.1 Å². The maximum atomic E-state index is 12.1. The van der Waals surface area contributed by atoms with Gasteiger partial charge in [-0.05, 0) is 53.8 Å². The predicted octanol–water partition coefficient (Wildman–Crippen LogP) is 5.54. The zero-order valence-electron chi connectivity index (χ0n) is 14.8. The Kier molecular flexibility index (Phi) is 5.87. The Hall–Kier alpha value is -2.85. The fourth-order valence-electron chi connectivity index (χ4n) is 2.56. The monoisotopic (exact) mass is 364 g/mol. The van der Waals surface area contributed by atoms with Crippen LogP contribution < -0.4 is 9.47 Å². The number of thiophene rings is 1. The smallest absolute Gasteiger partial charge is 0.195 e. The number of hydrogen-bond donors (Lipinski definition) is 0. The number of rotatable bonds is 7. The Labute approximate surface area is 157 Å². The Balaban J connectivity index is 1.76. The summed E-state index contributed by atoms with van der Waals surface area (Å²) >= 11 is 1.44. The molecule has 3 nitrogen and oxygen atoms in total. The molecule has 26 heavy (non-hydrogen) atoms. The molecular weight excluding hydrogens is 344 g/mol. The topological polar surface area (TPSA) is 35.5 Å². The minimum Gasteiger partial charge on any atom is -0.496 e. The molecule has 0 bridgehead atoms. The van der Waals surface area contributed by atoms with Gasteiger partial charge in [-0.1, -0.05) is 36.4 Å². The van der Waals surface area contributed by atoms with E-state index in [-0.39, 0.29) is 5.78 Å². The number of carbonyl (C=O) groups is 1. The molecule has 132 valence electrons. The average Bonchev–Trinajstić information content (AvgIpc) is 3.20. The van der Waals surface area contributed by atoms with Crippen LogP contribution in [0.15, 0.2) is 66.1 Å². The molecule has 0 atom stereocenters. The second-order valence-corrected chi connectivity index (χ2v) is 6.75. The van der Waals surface area contributed by atoms with Gasteiger partial charge in [-0.15, -0.1) is 11.3 Å². The number of benzene rings is 2. The van der Waals surface area contributed by atoms with Crippen molar-refractivity contribution in [1.29, 1.82) is 0 Å². The molecule has 3 aromatic rings. The summed E-state index contributed by atoms with van der Waals surface area (Å²) in [6.07, 6.45) is 3.42. The van der Waals surface area contributed by atoms with Crippen molar-refractivity contribution in [3.05, 3.63) is 87.6 Å². The number of carbonyl (C=O) groups excluding carboxylic acids is 1. The number of hydrogen-bond acceptors (Lipinski definition) is 4. The van der Waals surface area contributed by atoms with Gasteiger partial charge in [0.1, 0.15) is 18.1 Å². The number of ether oxygens (including phenoxy) is 2. The molecule has 0 saturated carbocycles. The van der Waals surface area contributed by atoms with Crippen molar-refractivity contribution >= 4 is 23.2 Å². The van der Waals surface area contributed by atoms with Gasteiger partial charge in [-0.25, -0.2) is 0 Å². The minimum atomic E-state index is 0.00790. The van der Waals surface area contributed by atoms with Crippen LogP contribution in [0, 0.1) is 6.92 Å². The Bertz CT molecular complexity index is 911. The molecule has 0 amide bonds. The minimum absolute atomic E-state index is 0.00790. The molecule has 0 radical (unpaired) electrons. The highest BCUT2D eigenvalue weighted by molar-refractivity contribution is 7.12. The molecule has 0 aliphatic rings. The van der Waals surface area contributed by atoms with Crippen molar-refractivity contribution < 1.29 is 14.3 Å². The van der Waals surface area contributed by atoms with Crippen LogP contribution in [-0.4, -0.2) is 12.9 Å². The Morgan fingerprint density at radius 1 is 1.08 bits per heavy atom. The fraction of sp³-hybridized carbons (Fsp3) is 0.136. The fourth-order valence-corrected chi connectivity index (χ4v) is 3.21. The second-order valence-electron chi connectivity index (χ2n) is 5.80. The first-order valence-electron chi connectivity index (χ1n) is 8.28. The van der Waals surface area contributed by atoms with Gasteiger partial charge < -0.3 is 9.47 Å². The van der Waals surface area contributed by atoms with Crippen LogP contribution in [0.4, 0.5) is 0 Å². The average molecular weight is 364 g/mol. The third kappa shape index (κ3) is 4.41. The van der Waals surface area contributed by atoms with Crippen LogP contribution in [0.1, 0.15) is 26.4 Å². The number of allylic oxidation sites excluding steroid dienone is 1. The molecule has 0 spiro atoms. The van der Waals surface area contributed by atoms with E-state index in [9.17, 15) is 4.79 Å². The molecular formula is C22H20O3S. The number of ketones is 1. The summed E-state index contributed by atoms with van der Waals surface area (Å²) in [5, 5.41) is 1.90. The summed E-state index contributed by atoms with van der Waals surface area (Å²) in [5.41, 5.74) is 2.95. The summed E-state index contributed by atoms with van der Waals surface area (Å²) in [6.45, 7) is 2.41. The van der Waals surface area contributed by atoms with Crippen molar-refractivity contribution in [2.75, 3.05) is 7.11 Å². The largest absolute Gasteiger partial charge is 0.496 e. The molecule has 1 aromatic heterocycles. The highest BCUT2D eigenvalue weighted by Gasteiger charge is 2.07. The van der Waals surface area contributed by atoms with E-state index in [2.05, 4.69) is 0 Å². The van der Waals surface area contributed by atoms with Gasteiger partial charge >= 0.3 is 0 Å². The van der Waals surface area contributed by atoms with Crippen molar-refractivity contribution in [3.8, 4) is 11.5 Å². The van der Waals surface area contributed by atoms with E-state index in [4.69, 9.17) is 9.47 Å². The van der Waals surface area contributed by atoms with Gasteiger partial charge in [0, 0.05) is 5.56 Å². The maximum Gasteiger partial charge on any atom is 0.195 e. The lowest BCUT2D eigenvalue weighted by atomic mass is 10.1. The molecule has 3 rings (SSSR count). The molecule has 4 heteroatoms. The van der Waals surface area contributed by atoms with Gasteiger partial charge in [0.2, 0.25) is 0 Å². The summed E-state index contributed by atoms with van der Waals surface area (Å²) in [5.74, 6) is 1.62. The van der Waals surface area contributed by atoms with Crippen LogP contribution in [-0.2, 0) is 6.61 Å². The van der Waals surface area contributed by atoms with Gasteiger partial charge in [-0.2, -0.15) is 0 Å². The van der Waals surface area contributed by atoms with Crippen molar-refractivity contribution in [1.82, 2.24) is 0 Å². The van der Waals surface area contributed by atoms with Gasteiger partial charge in [0.25, 0.3) is 0 Å². The van der Waals surface area contributed by atoms with Crippen LogP contribution in [0.2, 0.25) is 0 Å². The lowest BCUT2D eigenvalue weighted by Crippen LogP contribution is -2.00. The molecule has 0 saturated heterocycles. The normalized spacial score (nSPS) is 10.8. The van der Waals surface area contributed by atoms with Crippen LogP contribution >= 0.6 is 11.3 Å². The first-order chi connectivity index (χ1) is 12.7. The number of para-hydroxylation sites is 1. The van der Waals surface area contributed by atoms with E-state index >= 15 is 0 Å². The highest BCUT2D eigenvalue weighted by Crippen LogP contribution is 2.24. The standard InChI is InChI=1S/C22H20O3S/c1-16-6-3-4-7-20(16)25-15-18-14-17(10-12-21(18)24-2)9-11-19(23)22-8-5-13-26-22/h3-14H,15H2,1-2H3/b11-9+. The summed E-state index contributed by atoms with van der Waals surface area (Å²) < 4.78 is 11.4. The van der Waals surface area contributed by atoms with Crippen LogP contribution in [0.25, 0.3) is 6.08 Å². The molecule has 0 N–H and O–H groups in total. The van der Waals surface area contributed by atoms with E-state index in [0.29, 0.717) is 6.61 Å². The zero-order valence-corrected chi connectivity index (χ0v) is 15.6. The summed E-state index contributed by atoms with van der Waals surface area (Å²) in [4.78, 5) is 12.8. The van der Waals surface area contributed by atoms with Gasteiger partial charge in [0.05, 0.1) is 12.0 Å². The lowest BCUT2D eigenvalue weighted by Gasteiger charge is -2.12. The van der Waals surface area contributed by atoms with E-state index in [1.54, 1.807) is 13.2 Å². The lowest BCUT2D eigenvalue weighted by molar-refractivity contribution is 0.105. The van der Waals surface area contributed by atoms with Crippen LogP contribution in [0.3, 0.4) is 0 Å². The first kappa shape index (κ1) is 18.0. The van der Waals surface area contributed by atoms with Crippen molar-refractivity contribution in [2.45, 2.75) is 13.5 Å². The Morgan fingerprint density at radius 2 is 1.92 bits per heavy atom. The quantitative estimate of drug-likeness (QED) is 0.408. The number of aryl methyl sites for hydroxylation is 1. The van der Waals surface area contributed by atoms with Gasteiger partial charge in [0.15, 0.2) is 5.78 Å². The first-order valence-corrected chi connectivity index (χ1v) is 9.16. The highest BCUT2D eigenvalue weighted by atomic mass is 32.1. The van der Waals surface area contributed by atoms with E-state index < -0.39 is 0 Å². The second kappa shape index (κ2) is 8.50. The summed E-state index contributed by atoms with van der Waals surface area (Å²) in [6, 6.07) is 17.4. The predicted molar refractivity (Wildman–Crippen MR) is 106 cm³/mol. The van der Waals surface area contributed by atoms with Crippen molar-refractivity contribution in [3.63, 3.8) is 0 Å². The third-order valence-electron chi connectivity index (χ3n) is 3.97. The van der Waals surface area contributed by atoms with Gasteiger partial charge in [-0.3, -0.25) is 4.79 Å². The summed E-state index contributed by atoms with van der Waals surface area (Å²) in [7, 11) is 1.64. The molecule has 0 unspecified atom stereocenters. The SMILES string of the molecule is COc1ccc(/C=C/C(=O)c2cccs2)cc1COc1ccccc1C.